The third kappa shape index (κ3) is 2.34. The highest BCUT2D eigenvalue weighted by Gasteiger charge is 2.37. The molecule has 1 aromatic heterocycles. The predicted octanol–water partition coefficient (Wildman–Crippen LogP) is 4.09. The Morgan fingerprint density at radius 2 is 2.18 bits per heavy atom. The summed E-state index contributed by atoms with van der Waals surface area (Å²) in [5.41, 5.74) is 1.97. The average molecular weight is 304 g/mol. The van der Waals surface area contributed by atoms with Gasteiger partial charge in [0, 0.05) is 30.0 Å². The molecular weight excluding hydrogens is 283 g/mol. The molecule has 0 saturated heterocycles. The van der Waals surface area contributed by atoms with E-state index in [-0.39, 0.29) is 11.2 Å². The van der Waals surface area contributed by atoms with Gasteiger partial charge in [0.1, 0.15) is 23.5 Å². The van der Waals surface area contributed by atoms with Gasteiger partial charge in [-0.05, 0) is 11.5 Å². The van der Waals surface area contributed by atoms with E-state index >= 15 is 0 Å². The number of aromatic hydroxyl groups is 1. The minimum atomic E-state index is -0.475. The number of aromatic nitrogens is 1. The van der Waals surface area contributed by atoms with Gasteiger partial charge >= 0.3 is 0 Å². The number of nitrogens with zero attached hydrogens (tertiary/aromatic N) is 1. The van der Waals surface area contributed by atoms with Crippen LogP contribution in [0.2, 0.25) is 0 Å². The lowest BCUT2D eigenvalue weighted by atomic mass is 9.82. The van der Waals surface area contributed by atoms with Crippen molar-refractivity contribution in [2.75, 3.05) is 11.9 Å². The van der Waals surface area contributed by atoms with Crippen molar-refractivity contribution in [3.8, 4) is 17.0 Å². The fourth-order valence-corrected chi connectivity index (χ4v) is 3.01. The maximum Gasteiger partial charge on any atom is 0.194 e. The first kappa shape index (κ1) is 14.9. The predicted molar refractivity (Wildman–Crippen MR) is 83.6 cm³/mol. The quantitative estimate of drug-likeness (QED) is 0.839. The second-order valence-electron chi connectivity index (χ2n) is 6.96. The summed E-state index contributed by atoms with van der Waals surface area (Å²) in [7, 11) is 0. The van der Waals surface area contributed by atoms with Crippen LogP contribution in [0.1, 0.15) is 39.1 Å². The molecule has 0 saturated carbocycles. The van der Waals surface area contributed by atoms with E-state index in [2.05, 4.69) is 24.1 Å². The molecule has 0 atom stereocenters. The highest BCUT2D eigenvalue weighted by Crippen LogP contribution is 2.48. The highest BCUT2D eigenvalue weighted by atomic mass is 19.1. The van der Waals surface area contributed by atoms with Crippen LogP contribution >= 0.6 is 0 Å². The standard InChI is InChI=1S/C17H21FN2O2/c1-9(2)5-13-20-11(7-22-13)14-10(18)6-12(21)16-15(14)17(3,4)8-19-16/h6-7,9,19,21H,5,8H2,1-4H3. The Hall–Kier alpha value is -2.04. The molecule has 1 aliphatic heterocycles. The van der Waals surface area contributed by atoms with E-state index in [1.165, 1.54) is 6.26 Å². The van der Waals surface area contributed by atoms with Crippen LogP contribution in [0.3, 0.4) is 0 Å². The number of nitrogens with one attached hydrogen (secondary N) is 1. The highest BCUT2D eigenvalue weighted by molar-refractivity contribution is 5.80. The fraction of sp³-hybridized carbons (Fsp3) is 0.471. The number of phenolic OH excluding ortho intramolecular Hbond substituents is 1. The summed E-state index contributed by atoms with van der Waals surface area (Å²) in [6.07, 6.45) is 2.21. The minimum absolute atomic E-state index is 0.0623. The number of benzene rings is 1. The molecule has 2 N–H and O–H groups in total. The lowest BCUT2D eigenvalue weighted by Gasteiger charge is -2.20. The second-order valence-corrected chi connectivity index (χ2v) is 6.96. The van der Waals surface area contributed by atoms with Crippen molar-refractivity contribution in [1.82, 2.24) is 4.98 Å². The summed E-state index contributed by atoms with van der Waals surface area (Å²) in [6, 6.07) is 1.14. The first-order valence-electron chi connectivity index (χ1n) is 7.54. The number of phenols is 1. The van der Waals surface area contributed by atoms with Crippen molar-refractivity contribution >= 4 is 5.69 Å². The van der Waals surface area contributed by atoms with Crippen molar-refractivity contribution in [3.63, 3.8) is 0 Å². The smallest absolute Gasteiger partial charge is 0.194 e. The van der Waals surface area contributed by atoms with Gasteiger partial charge in [-0.2, -0.15) is 0 Å². The molecule has 0 radical (unpaired) electrons. The van der Waals surface area contributed by atoms with Crippen LogP contribution in [0.4, 0.5) is 10.1 Å². The number of rotatable bonds is 3. The molecule has 118 valence electrons. The van der Waals surface area contributed by atoms with Gasteiger partial charge < -0.3 is 14.8 Å². The van der Waals surface area contributed by atoms with Gasteiger partial charge in [0.05, 0.1) is 5.69 Å². The fourth-order valence-electron chi connectivity index (χ4n) is 3.01. The van der Waals surface area contributed by atoms with Crippen LogP contribution in [-0.2, 0) is 11.8 Å². The first-order chi connectivity index (χ1) is 10.3. The molecule has 1 aromatic carbocycles. The zero-order valence-electron chi connectivity index (χ0n) is 13.3. The maximum atomic E-state index is 14.5. The van der Waals surface area contributed by atoms with Gasteiger partial charge in [0.2, 0.25) is 0 Å². The van der Waals surface area contributed by atoms with Crippen molar-refractivity contribution in [3.05, 3.63) is 29.6 Å². The van der Waals surface area contributed by atoms with E-state index in [1.807, 2.05) is 13.8 Å². The number of oxazole rings is 1. The second kappa shape index (κ2) is 5.00. The van der Waals surface area contributed by atoms with Gasteiger partial charge in [-0.3, -0.25) is 0 Å². The summed E-state index contributed by atoms with van der Waals surface area (Å²) in [6.45, 7) is 8.83. The summed E-state index contributed by atoms with van der Waals surface area (Å²) in [5.74, 6) is 0.486. The topological polar surface area (TPSA) is 58.3 Å². The largest absolute Gasteiger partial charge is 0.506 e. The van der Waals surface area contributed by atoms with Crippen molar-refractivity contribution in [2.24, 2.45) is 5.92 Å². The molecule has 5 heteroatoms. The summed E-state index contributed by atoms with van der Waals surface area (Å²) < 4.78 is 20.0. The molecule has 2 aromatic rings. The van der Waals surface area contributed by atoms with Crippen molar-refractivity contribution < 1.29 is 13.9 Å². The van der Waals surface area contributed by atoms with Gasteiger partial charge in [-0.15, -0.1) is 0 Å². The number of halogens is 1. The van der Waals surface area contributed by atoms with Crippen LogP contribution in [0.15, 0.2) is 16.7 Å². The first-order valence-corrected chi connectivity index (χ1v) is 7.54. The Kier molecular flexibility index (Phi) is 3.38. The van der Waals surface area contributed by atoms with Crippen LogP contribution in [0.25, 0.3) is 11.3 Å². The zero-order chi connectivity index (χ0) is 16.1. The minimum Gasteiger partial charge on any atom is -0.506 e. The molecule has 4 nitrogen and oxygen atoms in total. The molecule has 0 aliphatic carbocycles. The third-order valence-electron chi connectivity index (χ3n) is 4.03. The Labute approximate surface area is 129 Å². The molecule has 0 fully saturated rings. The lowest BCUT2D eigenvalue weighted by Crippen LogP contribution is -2.20. The SMILES string of the molecule is CC(C)Cc1nc(-c2c(F)cc(O)c3c2C(C)(C)CN3)co1. The zero-order valence-corrected chi connectivity index (χ0v) is 13.3. The van der Waals surface area contributed by atoms with E-state index in [0.29, 0.717) is 41.7 Å². The summed E-state index contributed by atoms with van der Waals surface area (Å²) in [4.78, 5) is 4.44. The van der Waals surface area contributed by atoms with Gasteiger partial charge in [0.25, 0.3) is 0 Å². The van der Waals surface area contributed by atoms with Crippen molar-refractivity contribution in [1.29, 1.82) is 0 Å². The molecule has 22 heavy (non-hydrogen) atoms. The Balaban J connectivity index is 2.16. The van der Waals surface area contributed by atoms with E-state index in [0.717, 1.165) is 11.6 Å². The van der Waals surface area contributed by atoms with Crippen LogP contribution in [0.5, 0.6) is 5.75 Å². The maximum absolute atomic E-state index is 14.5. The van der Waals surface area contributed by atoms with Gasteiger partial charge in [0.15, 0.2) is 5.89 Å². The lowest BCUT2D eigenvalue weighted by molar-refractivity contribution is 0.457. The van der Waals surface area contributed by atoms with Crippen LogP contribution in [-0.4, -0.2) is 16.6 Å². The molecule has 1 aliphatic rings. The Morgan fingerprint density at radius 1 is 1.45 bits per heavy atom. The van der Waals surface area contributed by atoms with Crippen molar-refractivity contribution in [2.45, 2.75) is 39.5 Å². The van der Waals surface area contributed by atoms with E-state index < -0.39 is 5.82 Å². The third-order valence-corrected chi connectivity index (χ3v) is 4.03. The molecular formula is C17H21FN2O2. The molecule has 0 unspecified atom stereocenters. The summed E-state index contributed by atoms with van der Waals surface area (Å²) in [5, 5.41) is 13.2. The molecule has 0 bridgehead atoms. The van der Waals surface area contributed by atoms with Crippen LogP contribution in [0, 0.1) is 11.7 Å². The number of fused-ring (bicyclic) bond motifs is 1. The molecule has 3 rings (SSSR count). The number of anilines is 1. The van der Waals surface area contributed by atoms with E-state index in [1.54, 1.807) is 0 Å². The molecule has 2 heterocycles. The Bertz CT molecular complexity index is 720. The normalized spacial score (nSPS) is 15.9. The number of hydrogen-bond donors (Lipinski definition) is 2. The Morgan fingerprint density at radius 3 is 2.86 bits per heavy atom. The average Bonchev–Trinajstić information content (AvgIpc) is 2.95. The monoisotopic (exact) mass is 304 g/mol. The van der Waals surface area contributed by atoms with Crippen LogP contribution < -0.4 is 5.32 Å². The van der Waals surface area contributed by atoms with Gasteiger partial charge in [-0.25, -0.2) is 9.37 Å². The summed E-state index contributed by atoms with van der Waals surface area (Å²) >= 11 is 0. The van der Waals surface area contributed by atoms with Gasteiger partial charge in [-0.1, -0.05) is 27.7 Å². The number of hydrogen-bond acceptors (Lipinski definition) is 4. The molecule has 0 amide bonds. The molecule has 0 spiro atoms. The van der Waals surface area contributed by atoms with E-state index in [4.69, 9.17) is 4.42 Å². The van der Waals surface area contributed by atoms with E-state index in [9.17, 15) is 9.50 Å².